The first-order valence-electron chi connectivity index (χ1n) is 5.59. The predicted molar refractivity (Wildman–Crippen MR) is 72.0 cm³/mol. The summed E-state index contributed by atoms with van der Waals surface area (Å²) in [6, 6.07) is 4.36. The van der Waals surface area contributed by atoms with Crippen LogP contribution in [0.3, 0.4) is 0 Å². The van der Waals surface area contributed by atoms with Crippen LogP contribution in [0, 0.1) is 0 Å². The molecule has 0 radical (unpaired) electrons. The summed E-state index contributed by atoms with van der Waals surface area (Å²) in [6.45, 7) is 2.24. The Labute approximate surface area is 112 Å². The Bertz CT molecular complexity index is 505. The van der Waals surface area contributed by atoms with Crippen LogP contribution in [-0.4, -0.2) is 37.5 Å². The standard InChI is InChI=1S/C11H17ClN2O3S/c1-2-14(6-3-7-15)18(16,17)11-8-9(13)4-5-10(11)12/h4-5,8,15H,2-3,6-7,13H2,1H3. The summed E-state index contributed by atoms with van der Waals surface area (Å²) in [7, 11) is -3.67. The molecule has 0 heterocycles. The van der Waals surface area contributed by atoms with Gasteiger partial charge in [-0.25, -0.2) is 8.42 Å². The molecule has 102 valence electrons. The minimum Gasteiger partial charge on any atom is -0.399 e. The van der Waals surface area contributed by atoms with Gasteiger partial charge in [0.2, 0.25) is 10.0 Å². The van der Waals surface area contributed by atoms with Crippen LogP contribution in [0.2, 0.25) is 5.02 Å². The maximum absolute atomic E-state index is 12.3. The largest absolute Gasteiger partial charge is 0.399 e. The fourth-order valence-corrected chi connectivity index (χ4v) is 3.55. The Hall–Kier alpha value is -0.820. The zero-order valence-corrected chi connectivity index (χ0v) is 11.7. The molecule has 0 amide bonds. The van der Waals surface area contributed by atoms with Crippen molar-refractivity contribution in [2.24, 2.45) is 0 Å². The number of sulfonamides is 1. The molecule has 0 aromatic heterocycles. The summed E-state index contributed by atoms with van der Waals surface area (Å²) in [4.78, 5) is 0.00366. The van der Waals surface area contributed by atoms with Gasteiger partial charge in [-0.2, -0.15) is 4.31 Å². The van der Waals surface area contributed by atoms with Crippen LogP contribution in [0.15, 0.2) is 23.1 Å². The molecule has 0 saturated heterocycles. The van der Waals surface area contributed by atoms with E-state index in [9.17, 15) is 8.42 Å². The van der Waals surface area contributed by atoms with Crippen molar-refractivity contribution in [1.29, 1.82) is 0 Å². The molecule has 0 fully saturated rings. The summed E-state index contributed by atoms with van der Waals surface area (Å²) in [5.41, 5.74) is 5.93. The number of anilines is 1. The van der Waals surface area contributed by atoms with Crippen molar-refractivity contribution in [1.82, 2.24) is 4.31 Å². The van der Waals surface area contributed by atoms with Crippen molar-refractivity contribution in [3.63, 3.8) is 0 Å². The third-order valence-corrected chi connectivity index (χ3v) is 4.95. The number of nitrogens with two attached hydrogens (primary N) is 1. The van der Waals surface area contributed by atoms with Crippen LogP contribution in [-0.2, 0) is 10.0 Å². The summed E-state index contributed by atoms with van der Waals surface area (Å²) in [6.07, 6.45) is 0.382. The highest BCUT2D eigenvalue weighted by molar-refractivity contribution is 7.89. The molecule has 3 N–H and O–H groups in total. The van der Waals surface area contributed by atoms with Gasteiger partial charge in [0.15, 0.2) is 0 Å². The molecule has 0 saturated carbocycles. The van der Waals surface area contributed by atoms with Gasteiger partial charge < -0.3 is 10.8 Å². The Morgan fingerprint density at radius 2 is 2.11 bits per heavy atom. The summed E-state index contributed by atoms with van der Waals surface area (Å²) >= 11 is 5.91. The van der Waals surface area contributed by atoms with Crippen LogP contribution in [0.1, 0.15) is 13.3 Å². The van der Waals surface area contributed by atoms with Gasteiger partial charge in [0.25, 0.3) is 0 Å². The van der Waals surface area contributed by atoms with Gasteiger partial charge in [-0.15, -0.1) is 0 Å². The van der Waals surface area contributed by atoms with E-state index in [0.717, 1.165) is 0 Å². The van der Waals surface area contributed by atoms with E-state index >= 15 is 0 Å². The lowest BCUT2D eigenvalue weighted by atomic mass is 10.3. The predicted octanol–water partition coefficient (Wildman–Crippen LogP) is 1.32. The topological polar surface area (TPSA) is 83.6 Å². The molecule has 18 heavy (non-hydrogen) atoms. The molecule has 1 aromatic rings. The first-order valence-corrected chi connectivity index (χ1v) is 7.41. The normalized spacial score (nSPS) is 12.0. The molecule has 0 aliphatic carbocycles. The Kier molecular flexibility index (Phi) is 5.40. The van der Waals surface area contributed by atoms with Gasteiger partial charge >= 0.3 is 0 Å². The third-order valence-electron chi connectivity index (χ3n) is 2.49. The van der Waals surface area contributed by atoms with Crippen molar-refractivity contribution >= 4 is 27.3 Å². The Morgan fingerprint density at radius 1 is 1.44 bits per heavy atom. The molecule has 0 atom stereocenters. The zero-order valence-electron chi connectivity index (χ0n) is 10.1. The molecule has 0 aliphatic rings. The highest BCUT2D eigenvalue weighted by atomic mass is 35.5. The van der Waals surface area contributed by atoms with Gasteiger partial charge in [-0.05, 0) is 24.6 Å². The second-order valence-corrected chi connectivity index (χ2v) is 6.08. The molecule has 1 rings (SSSR count). The third kappa shape index (κ3) is 3.35. The lowest BCUT2D eigenvalue weighted by molar-refractivity contribution is 0.271. The van der Waals surface area contributed by atoms with E-state index in [1.807, 2.05) is 0 Å². The summed E-state index contributed by atoms with van der Waals surface area (Å²) in [5, 5.41) is 8.92. The van der Waals surface area contributed by atoms with Crippen LogP contribution in [0.4, 0.5) is 5.69 Å². The number of aliphatic hydroxyl groups excluding tert-OH is 1. The number of hydrogen-bond donors (Lipinski definition) is 2. The minimum atomic E-state index is -3.67. The fourth-order valence-electron chi connectivity index (χ4n) is 1.55. The van der Waals surface area contributed by atoms with Crippen molar-refractivity contribution in [3.8, 4) is 0 Å². The first kappa shape index (κ1) is 15.2. The van der Waals surface area contributed by atoms with Gasteiger partial charge in [0.05, 0.1) is 5.02 Å². The quantitative estimate of drug-likeness (QED) is 0.775. The van der Waals surface area contributed by atoms with Gasteiger partial charge in [-0.1, -0.05) is 18.5 Å². The SMILES string of the molecule is CCN(CCCO)S(=O)(=O)c1cc(N)ccc1Cl. The van der Waals surface area contributed by atoms with E-state index in [4.69, 9.17) is 22.4 Å². The molecule has 0 aliphatic heterocycles. The molecular formula is C11H17ClN2O3S. The molecular weight excluding hydrogens is 276 g/mol. The van der Waals surface area contributed by atoms with E-state index in [1.54, 1.807) is 13.0 Å². The van der Waals surface area contributed by atoms with Crippen molar-refractivity contribution in [3.05, 3.63) is 23.2 Å². The molecule has 7 heteroatoms. The van der Waals surface area contributed by atoms with Gasteiger partial charge in [0, 0.05) is 25.4 Å². The number of nitrogens with zero attached hydrogens (tertiary/aromatic N) is 1. The van der Waals surface area contributed by atoms with E-state index in [2.05, 4.69) is 0 Å². The monoisotopic (exact) mass is 292 g/mol. The molecule has 0 spiro atoms. The van der Waals surface area contributed by atoms with E-state index in [-0.39, 0.29) is 23.1 Å². The van der Waals surface area contributed by atoms with Crippen LogP contribution in [0.5, 0.6) is 0 Å². The van der Waals surface area contributed by atoms with Crippen LogP contribution < -0.4 is 5.73 Å². The number of nitrogen functional groups attached to an aromatic ring is 1. The van der Waals surface area contributed by atoms with Crippen molar-refractivity contribution in [2.45, 2.75) is 18.2 Å². The first-order chi connectivity index (χ1) is 8.43. The van der Waals surface area contributed by atoms with Gasteiger partial charge in [0.1, 0.15) is 4.90 Å². The number of benzene rings is 1. The van der Waals surface area contributed by atoms with Crippen molar-refractivity contribution in [2.75, 3.05) is 25.4 Å². The molecule has 0 unspecified atom stereocenters. The average molecular weight is 293 g/mol. The number of hydrogen-bond acceptors (Lipinski definition) is 4. The number of halogens is 1. The van der Waals surface area contributed by atoms with Crippen LogP contribution >= 0.6 is 11.6 Å². The average Bonchev–Trinajstić information content (AvgIpc) is 2.33. The lowest BCUT2D eigenvalue weighted by Gasteiger charge is -2.20. The Balaban J connectivity index is 3.14. The van der Waals surface area contributed by atoms with Crippen LogP contribution in [0.25, 0.3) is 0 Å². The van der Waals surface area contributed by atoms with E-state index < -0.39 is 10.0 Å². The fraction of sp³-hybridized carbons (Fsp3) is 0.455. The lowest BCUT2D eigenvalue weighted by Crippen LogP contribution is -2.32. The smallest absolute Gasteiger partial charge is 0.244 e. The summed E-state index contributed by atoms with van der Waals surface area (Å²) in [5.74, 6) is 0. The van der Waals surface area contributed by atoms with Gasteiger partial charge in [-0.3, -0.25) is 0 Å². The molecule has 0 bridgehead atoms. The maximum Gasteiger partial charge on any atom is 0.244 e. The number of rotatable bonds is 6. The van der Waals surface area contributed by atoms with Crippen molar-refractivity contribution < 1.29 is 13.5 Å². The highest BCUT2D eigenvalue weighted by Crippen LogP contribution is 2.26. The van der Waals surface area contributed by atoms with E-state index in [1.165, 1.54) is 16.4 Å². The maximum atomic E-state index is 12.3. The minimum absolute atomic E-state index is 0.00366. The zero-order chi connectivity index (χ0) is 13.8. The molecule has 5 nitrogen and oxygen atoms in total. The highest BCUT2D eigenvalue weighted by Gasteiger charge is 2.25. The second-order valence-electron chi connectivity index (χ2n) is 3.76. The Morgan fingerprint density at radius 3 is 2.67 bits per heavy atom. The second kappa shape index (κ2) is 6.38. The van der Waals surface area contributed by atoms with E-state index in [0.29, 0.717) is 18.7 Å². The molecule has 1 aromatic carbocycles. The summed E-state index contributed by atoms with van der Waals surface area (Å²) < 4.78 is 26.0. The number of aliphatic hydroxyl groups is 1.